The van der Waals surface area contributed by atoms with E-state index in [-0.39, 0.29) is 23.5 Å². The van der Waals surface area contributed by atoms with Crippen molar-refractivity contribution in [2.75, 3.05) is 11.6 Å². The summed E-state index contributed by atoms with van der Waals surface area (Å²) < 4.78 is 14.4. The van der Waals surface area contributed by atoms with Gasteiger partial charge in [0.25, 0.3) is 0 Å². The molecule has 4 rings (SSSR count). The Morgan fingerprint density at radius 2 is 2.00 bits per heavy atom. The van der Waals surface area contributed by atoms with Crippen molar-refractivity contribution >= 4 is 17.7 Å². The molecule has 0 bridgehead atoms. The monoisotopic (exact) mass is 415 g/mol. The molecule has 1 aliphatic carbocycles. The van der Waals surface area contributed by atoms with Gasteiger partial charge in [0.2, 0.25) is 16.9 Å². The Labute approximate surface area is 171 Å². The number of carbonyl (C=O) groups excluding carboxylic acids is 1. The summed E-state index contributed by atoms with van der Waals surface area (Å²) >= 11 is 1.24. The van der Waals surface area contributed by atoms with E-state index in [1.54, 1.807) is 18.2 Å². The molecule has 0 aliphatic heterocycles. The number of amides is 1. The minimum atomic E-state index is -0.305. The Kier molecular flexibility index (Phi) is 5.79. The maximum Gasteiger partial charge on any atom is 0.230 e. The average molecular weight is 415 g/mol. The summed E-state index contributed by atoms with van der Waals surface area (Å²) in [6.45, 7) is 0. The topological polar surface area (TPSA) is 115 Å². The Morgan fingerprint density at radius 1 is 1.24 bits per heavy atom. The molecular formula is C19H22FN7OS. The SMILES string of the molecule is Nn1c(SCC(=O)NC2CCCCC2)nnc1-c1cc(-c2ccc(F)cc2)n[nH]1. The fourth-order valence-corrected chi connectivity index (χ4v) is 4.08. The van der Waals surface area contributed by atoms with Gasteiger partial charge in [0.15, 0.2) is 0 Å². The van der Waals surface area contributed by atoms with Crippen LogP contribution in [0.4, 0.5) is 4.39 Å². The highest BCUT2D eigenvalue weighted by Crippen LogP contribution is 2.25. The van der Waals surface area contributed by atoms with E-state index in [1.165, 1.54) is 47.8 Å². The lowest BCUT2D eigenvalue weighted by atomic mass is 9.95. The lowest BCUT2D eigenvalue weighted by Crippen LogP contribution is -2.37. The average Bonchev–Trinajstić information content (AvgIpc) is 3.34. The van der Waals surface area contributed by atoms with Gasteiger partial charge in [-0.1, -0.05) is 31.0 Å². The van der Waals surface area contributed by atoms with Crippen LogP contribution < -0.4 is 11.2 Å². The van der Waals surface area contributed by atoms with E-state index >= 15 is 0 Å². The minimum absolute atomic E-state index is 0.0217. The molecule has 0 atom stereocenters. The first kappa shape index (κ1) is 19.4. The summed E-state index contributed by atoms with van der Waals surface area (Å²) in [7, 11) is 0. The molecule has 0 radical (unpaired) electrons. The first-order chi connectivity index (χ1) is 14.1. The first-order valence-corrected chi connectivity index (χ1v) is 10.5. The van der Waals surface area contributed by atoms with Crippen molar-refractivity contribution in [3.8, 4) is 22.8 Å². The van der Waals surface area contributed by atoms with Crippen molar-refractivity contribution < 1.29 is 9.18 Å². The van der Waals surface area contributed by atoms with E-state index in [1.807, 2.05) is 0 Å². The molecule has 1 aromatic carbocycles. The Morgan fingerprint density at radius 3 is 2.76 bits per heavy atom. The van der Waals surface area contributed by atoms with Crippen molar-refractivity contribution in [1.82, 2.24) is 30.4 Å². The summed E-state index contributed by atoms with van der Waals surface area (Å²) in [5.41, 5.74) is 1.99. The van der Waals surface area contributed by atoms with Gasteiger partial charge in [-0.25, -0.2) is 9.07 Å². The number of nitrogen functional groups attached to an aromatic ring is 1. The largest absolute Gasteiger partial charge is 0.353 e. The highest BCUT2D eigenvalue weighted by atomic mass is 32.2. The molecule has 10 heteroatoms. The van der Waals surface area contributed by atoms with Crippen molar-refractivity contribution in [3.63, 3.8) is 0 Å². The van der Waals surface area contributed by atoms with Gasteiger partial charge in [0, 0.05) is 11.6 Å². The minimum Gasteiger partial charge on any atom is -0.353 e. The zero-order chi connectivity index (χ0) is 20.2. The van der Waals surface area contributed by atoms with E-state index in [0.717, 1.165) is 18.4 Å². The number of carbonyl (C=O) groups is 1. The lowest BCUT2D eigenvalue weighted by molar-refractivity contribution is -0.119. The molecule has 152 valence electrons. The first-order valence-electron chi connectivity index (χ1n) is 9.54. The van der Waals surface area contributed by atoms with Gasteiger partial charge in [-0.15, -0.1) is 10.2 Å². The van der Waals surface area contributed by atoms with E-state index in [2.05, 4.69) is 25.7 Å². The van der Waals surface area contributed by atoms with Crippen molar-refractivity contribution in [2.45, 2.75) is 43.3 Å². The van der Waals surface area contributed by atoms with E-state index in [9.17, 15) is 9.18 Å². The third-order valence-corrected chi connectivity index (χ3v) is 5.87. The van der Waals surface area contributed by atoms with Crippen molar-refractivity contribution in [3.05, 3.63) is 36.1 Å². The third kappa shape index (κ3) is 4.58. The summed E-state index contributed by atoms with van der Waals surface area (Å²) in [6, 6.07) is 8.09. The van der Waals surface area contributed by atoms with Crippen LogP contribution in [0.5, 0.6) is 0 Å². The molecule has 0 unspecified atom stereocenters. The number of rotatable bonds is 6. The Bertz CT molecular complexity index is 979. The molecule has 4 N–H and O–H groups in total. The maximum atomic E-state index is 13.1. The maximum absolute atomic E-state index is 13.1. The molecule has 1 amide bonds. The summed E-state index contributed by atoms with van der Waals surface area (Å²) in [5, 5.41) is 18.8. The van der Waals surface area contributed by atoms with Gasteiger partial charge in [-0.3, -0.25) is 9.89 Å². The molecule has 1 saturated carbocycles. The van der Waals surface area contributed by atoms with E-state index in [4.69, 9.17) is 5.84 Å². The number of thioether (sulfide) groups is 1. The fourth-order valence-electron chi connectivity index (χ4n) is 3.41. The Hall–Kier alpha value is -2.88. The number of nitrogens with zero attached hydrogens (tertiary/aromatic N) is 4. The van der Waals surface area contributed by atoms with Gasteiger partial charge in [-0.05, 0) is 43.2 Å². The highest BCUT2D eigenvalue weighted by Gasteiger charge is 2.18. The second-order valence-corrected chi connectivity index (χ2v) is 7.98. The Balaban J connectivity index is 1.39. The van der Waals surface area contributed by atoms with Crippen molar-refractivity contribution in [2.24, 2.45) is 0 Å². The fraction of sp³-hybridized carbons (Fsp3) is 0.368. The predicted octanol–water partition coefficient (Wildman–Crippen LogP) is 2.73. The van der Waals surface area contributed by atoms with Gasteiger partial charge in [-0.2, -0.15) is 5.10 Å². The number of nitrogens with one attached hydrogen (secondary N) is 2. The molecule has 2 aromatic heterocycles. The second-order valence-electron chi connectivity index (χ2n) is 7.04. The van der Waals surface area contributed by atoms with Crippen molar-refractivity contribution in [1.29, 1.82) is 0 Å². The summed E-state index contributed by atoms with van der Waals surface area (Å²) in [4.78, 5) is 12.2. The second kappa shape index (κ2) is 8.64. The summed E-state index contributed by atoms with van der Waals surface area (Å²) in [5.74, 6) is 6.42. The van der Waals surface area contributed by atoms with E-state index in [0.29, 0.717) is 22.4 Å². The number of hydrogen-bond acceptors (Lipinski definition) is 6. The molecule has 1 aliphatic rings. The van der Waals surface area contributed by atoms with Crippen LogP contribution in [0.15, 0.2) is 35.5 Å². The van der Waals surface area contributed by atoms with Gasteiger partial charge < -0.3 is 11.2 Å². The third-order valence-electron chi connectivity index (χ3n) is 4.93. The number of benzene rings is 1. The van der Waals surface area contributed by atoms with E-state index < -0.39 is 0 Å². The quantitative estimate of drug-likeness (QED) is 0.421. The molecule has 2 heterocycles. The number of aromatic nitrogens is 5. The molecule has 8 nitrogen and oxygen atoms in total. The van der Waals surface area contributed by atoms with Crippen LogP contribution in [-0.4, -0.2) is 42.8 Å². The molecule has 0 spiro atoms. The zero-order valence-electron chi connectivity index (χ0n) is 15.8. The van der Waals surface area contributed by atoms with Crippen LogP contribution in [0.1, 0.15) is 32.1 Å². The lowest BCUT2D eigenvalue weighted by Gasteiger charge is -2.22. The smallest absolute Gasteiger partial charge is 0.230 e. The normalized spacial score (nSPS) is 14.8. The van der Waals surface area contributed by atoms with Crippen LogP contribution in [-0.2, 0) is 4.79 Å². The molecule has 1 fully saturated rings. The number of aromatic amines is 1. The van der Waals surface area contributed by atoms with Crippen LogP contribution in [0.2, 0.25) is 0 Å². The summed E-state index contributed by atoms with van der Waals surface area (Å²) in [6.07, 6.45) is 5.68. The zero-order valence-corrected chi connectivity index (χ0v) is 16.6. The molecular weight excluding hydrogens is 393 g/mol. The highest BCUT2D eigenvalue weighted by molar-refractivity contribution is 7.99. The number of hydrogen-bond donors (Lipinski definition) is 3. The van der Waals surface area contributed by atoms with Crippen LogP contribution in [0.3, 0.4) is 0 Å². The predicted molar refractivity (Wildman–Crippen MR) is 109 cm³/mol. The van der Waals surface area contributed by atoms with Gasteiger partial charge in [0.1, 0.15) is 11.5 Å². The number of nitrogens with two attached hydrogens (primary N) is 1. The number of H-pyrrole nitrogens is 1. The van der Waals surface area contributed by atoms with Crippen LogP contribution >= 0.6 is 11.8 Å². The standard InChI is InChI=1S/C19H22FN7OS/c20-13-8-6-12(7-9-13)15-10-16(24-23-15)18-25-26-19(27(18)21)29-11-17(28)22-14-4-2-1-3-5-14/h6-10,14H,1-5,11,21H2,(H,22,28)(H,23,24). The molecule has 0 saturated heterocycles. The van der Waals surface area contributed by atoms with Gasteiger partial charge in [0.05, 0.1) is 11.4 Å². The van der Waals surface area contributed by atoms with Crippen LogP contribution in [0.25, 0.3) is 22.8 Å². The molecule has 3 aromatic rings. The number of halogens is 1. The molecule has 29 heavy (non-hydrogen) atoms. The van der Waals surface area contributed by atoms with Gasteiger partial charge >= 0.3 is 0 Å². The van der Waals surface area contributed by atoms with Crippen LogP contribution in [0, 0.1) is 5.82 Å².